The fourth-order valence-electron chi connectivity index (χ4n) is 1.85. The van der Waals surface area contributed by atoms with Gasteiger partial charge < -0.3 is 20.6 Å². The monoisotopic (exact) mass is 297 g/mol. The zero-order valence-corrected chi connectivity index (χ0v) is 13.6. The number of aliphatic hydroxyl groups is 1. The molecule has 1 aromatic heterocycles. The van der Waals surface area contributed by atoms with Crippen molar-refractivity contribution in [3.05, 3.63) is 18.0 Å². The molecule has 1 aromatic rings. The van der Waals surface area contributed by atoms with Gasteiger partial charge in [-0.25, -0.2) is 4.79 Å². The first-order valence-electron chi connectivity index (χ1n) is 7.11. The molecule has 1 heterocycles. The molecular weight excluding hydrogens is 270 g/mol. The topological polar surface area (TPSA) is 82.4 Å². The average Bonchev–Trinajstić information content (AvgIpc) is 2.82. The second-order valence-corrected chi connectivity index (χ2v) is 6.00. The van der Waals surface area contributed by atoms with E-state index in [0.29, 0.717) is 5.56 Å². The van der Waals surface area contributed by atoms with Crippen LogP contribution >= 0.6 is 0 Å². The van der Waals surface area contributed by atoms with Crippen LogP contribution in [0.1, 0.15) is 25.8 Å². The van der Waals surface area contributed by atoms with Gasteiger partial charge in [0.2, 0.25) is 0 Å². The number of carbonyl (C=O) groups excluding carboxylic acids is 1. The van der Waals surface area contributed by atoms with Crippen molar-refractivity contribution >= 4 is 6.03 Å². The molecule has 1 rings (SSSR count). The standard InChI is InChI=1S/C14H27N5O2/c1-11(6-7-18(3)4)17-13(20)15-10-14(2,21)12-8-16-19(5)9-12/h8-9,11,21H,6-7,10H2,1-5H3,(H2,15,17,20). The zero-order chi connectivity index (χ0) is 16.0. The number of hydrogen-bond acceptors (Lipinski definition) is 4. The van der Waals surface area contributed by atoms with Gasteiger partial charge in [0.05, 0.1) is 12.7 Å². The summed E-state index contributed by atoms with van der Waals surface area (Å²) in [5.74, 6) is 0. The Morgan fingerprint density at radius 1 is 1.57 bits per heavy atom. The molecule has 21 heavy (non-hydrogen) atoms. The van der Waals surface area contributed by atoms with Crippen molar-refractivity contribution in [1.29, 1.82) is 0 Å². The maximum atomic E-state index is 11.8. The predicted molar refractivity (Wildman–Crippen MR) is 81.9 cm³/mol. The van der Waals surface area contributed by atoms with Crippen LogP contribution in [0.15, 0.2) is 12.4 Å². The van der Waals surface area contributed by atoms with E-state index in [0.717, 1.165) is 13.0 Å². The second kappa shape index (κ2) is 7.42. The molecule has 0 saturated carbocycles. The third kappa shape index (κ3) is 6.14. The lowest BCUT2D eigenvalue weighted by Crippen LogP contribution is -2.46. The predicted octanol–water partition coefficient (Wildman–Crippen LogP) is 0.267. The summed E-state index contributed by atoms with van der Waals surface area (Å²) in [5, 5.41) is 19.9. The van der Waals surface area contributed by atoms with E-state index in [9.17, 15) is 9.90 Å². The van der Waals surface area contributed by atoms with E-state index in [1.807, 2.05) is 21.0 Å². The Kier molecular flexibility index (Phi) is 6.17. The Morgan fingerprint density at radius 2 is 2.24 bits per heavy atom. The van der Waals surface area contributed by atoms with Crippen LogP contribution in [0.5, 0.6) is 0 Å². The van der Waals surface area contributed by atoms with Crippen LogP contribution in [0.3, 0.4) is 0 Å². The fraction of sp³-hybridized carbons (Fsp3) is 0.714. The molecule has 2 unspecified atom stereocenters. The minimum Gasteiger partial charge on any atom is -0.383 e. The van der Waals surface area contributed by atoms with E-state index in [1.165, 1.54) is 0 Å². The van der Waals surface area contributed by atoms with Crippen molar-refractivity contribution in [1.82, 2.24) is 25.3 Å². The second-order valence-electron chi connectivity index (χ2n) is 6.00. The van der Waals surface area contributed by atoms with Crippen molar-refractivity contribution < 1.29 is 9.90 Å². The first-order chi connectivity index (χ1) is 9.70. The zero-order valence-electron chi connectivity index (χ0n) is 13.6. The van der Waals surface area contributed by atoms with E-state index < -0.39 is 5.60 Å². The number of nitrogens with one attached hydrogen (secondary N) is 2. The summed E-state index contributed by atoms with van der Waals surface area (Å²) in [6.07, 6.45) is 4.21. The number of carbonyl (C=O) groups is 1. The van der Waals surface area contributed by atoms with Crippen molar-refractivity contribution in [3.8, 4) is 0 Å². The lowest BCUT2D eigenvalue weighted by molar-refractivity contribution is 0.0592. The molecular formula is C14H27N5O2. The van der Waals surface area contributed by atoms with Gasteiger partial charge in [0.1, 0.15) is 5.60 Å². The quantitative estimate of drug-likeness (QED) is 0.674. The number of aromatic nitrogens is 2. The molecule has 120 valence electrons. The third-order valence-electron chi connectivity index (χ3n) is 3.31. The molecule has 7 nitrogen and oxygen atoms in total. The van der Waals surface area contributed by atoms with Crippen molar-refractivity contribution in [2.75, 3.05) is 27.2 Å². The van der Waals surface area contributed by atoms with Gasteiger partial charge in [0.15, 0.2) is 0 Å². The summed E-state index contributed by atoms with van der Waals surface area (Å²) in [7, 11) is 5.78. The number of amides is 2. The lowest BCUT2D eigenvalue weighted by Gasteiger charge is -2.23. The first-order valence-corrected chi connectivity index (χ1v) is 7.11. The average molecular weight is 297 g/mol. The molecule has 0 bridgehead atoms. The summed E-state index contributed by atoms with van der Waals surface area (Å²) in [4.78, 5) is 13.9. The van der Waals surface area contributed by atoms with Gasteiger partial charge in [0.25, 0.3) is 0 Å². The molecule has 7 heteroatoms. The highest BCUT2D eigenvalue weighted by atomic mass is 16.3. The fourth-order valence-corrected chi connectivity index (χ4v) is 1.85. The Hall–Kier alpha value is -1.60. The smallest absolute Gasteiger partial charge is 0.315 e. The Balaban J connectivity index is 2.38. The molecule has 0 saturated heterocycles. The molecule has 0 spiro atoms. The minimum atomic E-state index is -1.14. The van der Waals surface area contributed by atoms with Crippen LogP contribution in [0, 0.1) is 0 Å². The van der Waals surface area contributed by atoms with Gasteiger partial charge in [-0.3, -0.25) is 4.68 Å². The van der Waals surface area contributed by atoms with Gasteiger partial charge in [0, 0.05) is 24.8 Å². The molecule has 0 fully saturated rings. The molecule has 0 aliphatic heterocycles. The summed E-state index contributed by atoms with van der Waals surface area (Å²) in [5.41, 5.74) is -0.468. The molecule has 0 radical (unpaired) electrons. The maximum absolute atomic E-state index is 11.8. The van der Waals surface area contributed by atoms with Gasteiger partial charge in [-0.15, -0.1) is 0 Å². The minimum absolute atomic E-state index is 0.0794. The summed E-state index contributed by atoms with van der Waals surface area (Å²) < 4.78 is 1.62. The summed E-state index contributed by atoms with van der Waals surface area (Å²) in [6, 6.07) is -0.193. The number of hydrogen-bond donors (Lipinski definition) is 3. The lowest BCUT2D eigenvalue weighted by atomic mass is 10.00. The first kappa shape index (κ1) is 17.5. The van der Waals surface area contributed by atoms with E-state index in [1.54, 1.807) is 31.0 Å². The highest BCUT2D eigenvalue weighted by Crippen LogP contribution is 2.18. The maximum Gasteiger partial charge on any atom is 0.315 e. The molecule has 3 N–H and O–H groups in total. The Labute approximate surface area is 126 Å². The SMILES string of the molecule is CC(CCN(C)C)NC(=O)NCC(C)(O)c1cnn(C)c1. The van der Waals surface area contributed by atoms with Gasteiger partial charge >= 0.3 is 6.03 Å². The molecule has 0 aliphatic rings. The van der Waals surface area contributed by atoms with Gasteiger partial charge in [-0.05, 0) is 40.9 Å². The highest BCUT2D eigenvalue weighted by Gasteiger charge is 2.25. The van der Waals surface area contributed by atoms with Crippen LogP contribution in [0.4, 0.5) is 4.79 Å². The van der Waals surface area contributed by atoms with E-state index >= 15 is 0 Å². The van der Waals surface area contributed by atoms with E-state index in [4.69, 9.17) is 0 Å². The van der Waals surface area contributed by atoms with Crippen LogP contribution < -0.4 is 10.6 Å². The van der Waals surface area contributed by atoms with Crippen molar-refractivity contribution in [2.24, 2.45) is 7.05 Å². The molecule has 0 aliphatic carbocycles. The van der Waals surface area contributed by atoms with Gasteiger partial charge in [-0.1, -0.05) is 0 Å². The van der Waals surface area contributed by atoms with Crippen LogP contribution in [0.2, 0.25) is 0 Å². The van der Waals surface area contributed by atoms with Crippen LogP contribution in [0.25, 0.3) is 0 Å². The number of rotatable bonds is 7. The largest absolute Gasteiger partial charge is 0.383 e. The summed E-state index contributed by atoms with van der Waals surface area (Å²) in [6.45, 7) is 4.65. The molecule has 2 atom stereocenters. The number of nitrogens with zero attached hydrogens (tertiary/aromatic N) is 3. The number of urea groups is 1. The Bertz CT molecular complexity index is 456. The highest BCUT2D eigenvalue weighted by molar-refractivity contribution is 5.74. The van der Waals surface area contributed by atoms with Crippen LogP contribution in [-0.2, 0) is 12.6 Å². The number of aryl methyl sites for hydroxylation is 1. The van der Waals surface area contributed by atoms with E-state index in [2.05, 4.69) is 20.6 Å². The normalized spacial score (nSPS) is 15.6. The van der Waals surface area contributed by atoms with E-state index in [-0.39, 0.29) is 18.6 Å². The molecule has 2 amide bonds. The Morgan fingerprint density at radius 3 is 2.76 bits per heavy atom. The van der Waals surface area contributed by atoms with Gasteiger partial charge in [-0.2, -0.15) is 5.10 Å². The third-order valence-corrected chi connectivity index (χ3v) is 3.31. The van der Waals surface area contributed by atoms with Crippen molar-refractivity contribution in [3.63, 3.8) is 0 Å². The summed E-state index contributed by atoms with van der Waals surface area (Å²) >= 11 is 0. The van der Waals surface area contributed by atoms with Crippen LogP contribution in [-0.4, -0.2) is 59.0 Å². The molecule has 0 aromatic carbocycles. The van der Waals surface area contributed by atoms with Crippen molar-refractivity contribution in [2.45, 2.75) is 31.9 Å².